The van der Waals surface area contributed by atoms with Gasteiger partial charge in [-0.3, -0.25) is 14.7 Å². The minimum atomic E-state index is -0.0811. The standard InChI is InChI=1S/C22H21ClN2O3/c1-13(2)24-21-11-16(9-15-7-8-19-20(10-15)28-12-27-19)22(26)25(21)18-6-4-5-17(23)14(18)3/h4-10,13H,11-12H2,1-3H3/b16-9+,24-21+. The summed E-state index contributed by atoms with van der Waals surface area (Å²) in [7, 11) is 0. The summed E-state index contributed by atoms with van der Waals surface area (Å²) in [4.78, 5) is 19.7. The van der Waals surface area contributed by atoms with Gasteiger partial charge in [0.2, 0.25) is 6.79 Å². The Morgan fingerprint density at radius 1 is 1.18 bits per heavy atom. The molecule has 2 heterocycles. The number of carbonyl (C=O) groups is 1. The van der Waals surface area contributed by atoms with Gasteiger partial charge in [0.1, 0.15) is 5.84 Å². The van der Waals surface area contributed by atoms with Crippen LogP contribution in [-0.2, 0) is 4.79 Å². The first-order chi connectivity index (χ1) is 13.4. The van der Waals surface area contributed by atoms with E-state index >= 15 is 0 Å². The van der Waals surface area contributed by atoms with Crippen molar-refractivity contribution < 1.29 is 14.3 Å². The molecule has 1 amide bonds. The van der Waals surface area contributed by atoms with Crippen LogP contribution in [0.25, 0.3) is 6.08 Å². The molecule has 0 aromatic heterocycles. The number of amidine groups is 1. The van der Waals surface area contributed by atoms with Gasteiger partial charge in [0.05, 0.1) is 5.69 Å². The van der Waals surface area contributed by atoms with Crippen LogP contribution in [0.2, 0.25) is 5.02 Å². The van der Waals surface area contributed by atoms with Crippen molar-refractivity contribution in [1.82, 2.24) is 0 Å². The maximum atomic E-state index is 13.3. The van der Waals surface area contributed by atoms with Gasteiger partial charge in [0.15, 0.2) is 11.5 Å². The van der Waals surface area contributed by atoms with Crippen molar-refractivity contribution in [3.63, 3.8) is 0 Å². The lowest BCUT2D eigenvalue weighted by atomic mass is 10.1. The smallest absolute Gasteiger partial charge is 0.260 e. The van der Waals surface area contributed by atoms with E-state index in [1.165, 1.54) is 0 Å². The normalized spacial score (nSPS) is 18.8. The predicted octanol–water partition coefficient (Wildman–Crippen LogP) is 5.00. The number of hydrogen-bond acceptors (Lipinski definition) is 4. The lowest BCUT2D eigenvalue weighted by molar-refractivity contribution is -0.113. The summed E-state index contributed by atoms with van der Waals surface area (Å²) in [5, 5.41) is 0.627. The van der Waals surface area contributed by atoms with Gasteiger partial charge in [-0.15, -0.1) is 0 Å². The Kier molecular flexibility index (Phi) is 4.85. The molecule has 1 saturated heterocycles. The van der Waals surface area contributed by atoms with E-state index in [2.05, 4.69) is 0 Å². The average molecular weight is 397 g/mol. The lowest BCUT2D eigenvalue weighted by Gasteiger charge is -2.20. The molecule has 0 saturated carbocycles. The molecule has 0 radical (unpaired) electrons. The molecule has 0 N–H and O–H groups in total. The first kappa shape index (κ1) is 18.6. The van der Waals surface area contributed by atoms with Crippen molar-refractivity contribution in [1.29, 1.82) is 0 Å². The number of halogens is 1. The Balaban J connectivity index is 1.75. The Morgan fingerprint density at radius 2 is 1.96 bits per heavy atom. The SMILES string of the molecule is Cc1c(Cl)cccc1N1C(=O)/C(=C/c2ccc3c(c2)OCO3)C/C1=N\C(C)C. The Morgan fingerprint density at radius 3 is 2.75 bits per heavy atom. The summed E-state index contributed by atoms with van der Waals surface area (Å²) in [6.07, 6.45) is 2.36. The number of aliphatic imine (C=N–C) groups is 1. The Hall–Kier alpha value is -2.79. The molecule has 0 spiro atoms. The molecule has 0 bridgehead atoms. The van der Waals surface area contributed by atoms with Gasteiger partial charge < -0.3 is 9.47 Å². The summed E-state index contributed by atoms with van der Waals surface area (Å²) in [5.41, 5.74) is 3.20. The summed E-state index contributed by atoms with van der Waals surface area (Å²) in [5.74, 6) is 2.07. The number of nitrogens with zero attached hydrogens (tertiary/aromatic N) is 2. The Labute approximate surface area is 169 Å². The topological polar surface area (TPSA) is 51.1 Å². The number of rotatable bonds is 3. The van der Waals surface area contributed by atoms with Crippen molar-refractivity contribution in [2.75, 3.05) is 11.7 Å². The minimum Gasteiger partial charge on any atom is -0.454 e. The summed E-state index contributed by atoms with van der Waals surface area (Å²) in [6, 6.07) is 11.3. The van der Waals surface area contributed by atoms with E-state index in [4.69, 9.17) is 26.1 Å². The number of anilines is 1. The number of carbonyl (C=O) groups excluding carboxylic acids is 1. The first-order valence-electron chi connectivity index (χ1n) is 9.20. The quantitative estimate of drug-likeness (QED) is 0.685. The molecule has 28 heavy (non-hydrogen) atoms. The lowest BCUT2D eigenvalue weighted by Crippen LogP contribution is -2.30. The van der Waals surface area contributed by atoms with Gasteiger partial charge in [-0.05, 0) is 62.2 Å². The fraction of sp³-hybridized carbons (Fsp3) is 0.273. The molecule has 2 aliphatic rings. The van der Waals surface area contributed by atoms with E-state index in [1.54, 1.807) is 4.90 Å². The monoisotopic (exact) mass is 396 g/mol. The number of ether oxygens (including phenoxy) is 2. The molecular formula is C22H21ClN2O3. The number of benzene rings is 2. The molecule has 4 rings (SSSR count). The molecule has 1 fully saturated rings. The van der Waals surface area contributed by atoms with Crippen LogP contribution in [0.5, 0.6) is 11.5 Å². The van der Waals surface area contributed by atoms with Crippen molar-refractivity contribution in [2.45, 2.75) is 33.2 Å². The molecule has 2 aliphatic heterocycles. The molecule has 0 atom stereocenters. The highest BCUT2D eigenvalue weighted by atomic mass is 35.5. The number of hydrogen-bond donors (Lipinski definition) is 0. The predicted molar refractivity (Wildman–Crippen MR) is 111 cm³/mol. The van der Waals surface area contributed by atoms with Crippen molar-refractivity contribution in [3.8, 4) is 11.5 Å². The van der Waals surface area contributed by atoms with Crippen LogP contribution in [-0.4, -0.2) is 24.6 Å². The highest BCUT2D eigenvalue weighted by Gasteiger charge is 2.34. The zero-order valence-corrected chi connectivity index (χ0v) is 16.8. The zero-order chi connectivity index (χ0) is 19.8. The van der Waals surface area contributed by atoms with E-state index in [9.17, 15) is 4.79 Å². The second-order valence-corrected chi connectivity index (χ2v) is 7.53. The zero-order valence-electron chi connectivity index (χ0n) is 16.0. The second-order valence-electron chi connectivity index (χ2n) is 7.12. The molecule has 5 nitrogen and oxygen atoms in total. The first-order valence-corrected chi connectivity index (χ1v) is 9.58. The van der Waals surface area contributed by atoms with E-state index < -0.39 is 0 Å². The van der Waals surface area contributed by atoms with Crippen molar-refractivity contribution >= 4 is 35.1 Å². The van der Waals surface area contributed by atoms with Crippen LogP contribution in [0.15, 0.2) is 47.0 Å². The fourth-order valence-corrected chi connectivity index (χ4v) is 3.56. The summed E-state index contributed by atoms with van der Waals surface area (Å²) in [6.45, 7) is 6.14. The third kappa shape index (κ3) is 3.38. The van der Waals surface area contributed by atoms with Crippen LogP contribution in [0.4, 0.5) is 5.69 Å². The van der Waals surface area contributed by atoms with Gasteiger partial charge in [0, 0.05) is 23.1 Å². The average Bonchev–Trinajstić information content (AvgIpc) is 3.22. The minimum absolute atomic E-state index is 0.0784. The fourth-order valence-electron chi connectivity index (χ4n) is 3.39. The third-order valence-corrected chi connectivity index (χ3v) is 5.12. The van der Waals surface area contributed by atoms with E-state index in [-0.39, 0.29) is 18.7 Å². The van der Waals surface area contributed by atoms with Crippen molar-refractivity contribution in [2.24, 2.45) is 4.99 Å². The summed E-state index contributed by atoms with van der Waals surface area (Å²) < 4.78 is 10.8. The van der Waals surface area contributed by atoms with Gasteiger partial charge in [-0.25, -0.2) is 0 Å². The highest BCUT2D eigenvalue weighted by Crippen LogP contribution is 2.36. The van der Waals surface area contributed by atoms with Gasteiger partial charge in [-0.2, -0.15) is 0 Å². The largest absolute Gasteiger partial charge is 0.454 e. The second kappa shape index (κ2) is 7.32. The van der Waals surface area contributed by atoms with E-state index in [0.717, 1.165) is 28.4 Å². The van der Waals surface area contributed by atoms with Gasteiger partial charge >= 0.3 is 0 Å². The number of amides is 1. The van der Waals surface area contributed by atoms with Gasteiger partial charge in [-0.1, -0.05) is 23.7 Å². The van der Waals surface area contributed by atoms with Crippen LogP contribution in [0.1, 0.15) is 31.4 Å². The molecule has 2 aromatic carbocycles. The molecule has 2 aromatic rings. The summed E-state index contributed by atoms with van der Waals surface area (Å²) >= 11 is 6.30. The maximum absolute atomic E-state index is 13.3. The van der Waals surface area contributed by atoms with Crippen LogP contribution in [0, 0.1) is 6.92 Å². The Bertz CT molecular complexity index is 1010. The third-order valence-electron chi connectivity index (χ3n) is 4.71. The van der Waals surface area contributed by atoms with Crippen LogP contribution in [0.3, 0.4) is 0 Å². The van der Waals surface area contributed by atoms with E-state index in [0.29, 0.717) is 22.8 Å². The highest BCUT2D eigenvalue weighted by molar-refractivity contribution is 6.34. The molecule has 0 unspecified atom stereocenters. The van der Waals surface area contributed by atoms with Gasteiger partial charge in [0.25, 0.3) is 5.91 Å². The number of fused-ring (bicyclic) bond motifs is 1. The molecule has 144 valence electrons. The maximum Gasteiger partial charge on any atom is 0.260 e. The van der Waals surface area contributed by atoms with E-state index in [1.807, 2.05) is 63.2 Å². The van der Waals surface area contributed by atoms with Crippen LogP contribution < -0.4 is 14.4 Å². The van der Waals surface area contributed by atoms with Crippen molar-refractivity contribution in [3.05, 3.63) is 58.1 Å². The molecule has 0 aliphatic carbocycles. The molecular weight excluding hydrogens is 376 g/mol. The van der Waals surface area contributed by atoms with Crippen LogP contribution >= 0.6 is 11.6 Å². The molecule has 6 heteroatoms.